The van der Waals surface area contributed by atoms with E-state index >= 15 is 0 Å². The number of guanidine groups is 1. The molecule has 1 unspecified atom stereocenters. The molecule has 32 heavy (non-hydrogen) atoms. The molecule has 1 aromatic rings. The van der Waals surface area contributed by atoms with Crippen LogP contribution in [-0.4, -0.2) is 69.4 Å². The third-order valence-corrected chi connectivity index (χ3v) is 5.78. The molecule has 2 N–H and O–H groups in total. The van der Waals surface area contributed by atoms with E-state index in [1.54, 1.807) is 0 Å². The summed E-state index contributed by atoms with van der Waals surface area (Å²) in [6, 6.07) is 8.41. The third-order valence-electron chi connectivity index (χ3n) is 5.78. The lowest BCUT2D eigenvalue weighted by Crippen LogP contribution is -2.38. The molecule has 1 aromatic carbocycles. The fourth-order valence-electron chi connectivity index (χ4n) is 3.98. The van der Waals surface area contributed by atoms with Crippen LogP contribution in [0.15, 0.2) is 29.3 Å². The first-order valence-corrected chi connectivity index (χ1v) is 11.8. The standard InChI is InChI=1S/C24H38N4O3.HI/c1-2-25-24(27-13-6-15-30-18-20-11-16-31-19-20)26-12-5-9-23(29)28-14-10-21-7-3-4-8-22(21)17-28;/h3-4,7-8,20H,2,5-6,9-19H2,1H3,(H2,25,26,27);1H. The highest BCUT2D eigenvalue weighted by Gasteiger charge is 2.19. The third kappa shape index (κ3) is 9.23. The first-order chi connectivity index (χ1) is 15.3. The van der Waals surface area contributed by atoms with Crippen molar-refractivity contribution in [1.29, 1.82) is 0 Å². The van der Waals surface area contributed by atoms with E-state index in [9.17, 15) is 4.79 Å². The maximum atomic E-state index is 12.6. The zero-order valence-electron chi connectivity index (χ0n) is 19.3. The first kappa shape index (κ1) is 26.9. The molecule has 0 aromatic heterocycles. The number of carbonyl (C=O) groups is 1. The predicted octanol–water partition coefficient (Wildman–Crippen LogP) is 2.97. The van der Waals surface area contributed by atoms with Gasteiger partial charge in [0, 0.05) is 58.3 Å². The van der Waals surface area contributed by atoms with E-state index < -0.39 is 0 Å². The molecule has 180 valence electrons. The van der Waals surface area contributed by atoms with Crippen molar-refractivity contribution in [2.45, 2.75) is 45.6 Å². The molecule has 1 fully saturated rings. The van der Waals surface area contributed by atoms with Gasteiger partial charge in [0.2, 0.25) is 5.91 Å². The van der Waals surface area contributed by atoms with Gasteiger partial charge in [-0.15, -0.1) is 24.0 Å². The van der Waals surface area contributed by atoms with E-state index in [4.69, 9.17) is 9.47 Å². The van der Waals surface area contributed by atoms with Gasteiger partial charge < -0.3 is 25.0 Å². The van der Waals surface area contributed by atoms with Crippen LogP contribution in [0.25, 0.3) is 0 Å². The molecule has 8 heteroatoms. The van der Waals surface area contributed by atoms with Gasteiger partial charge in [-0.3, -0.25) is 9.79 Å². The second kappa shape index (κ2) is 15.4. The molecule has 2 aliphatic heterocycles. The van der Waals surface area contributed by atoms with Gasteiger partial charge >= 0.3 is 0 Å². The SMILES string of the molecule is CCNC(=NCCCC(=O)N1CCc2ccccc2C1)NCCCOCC1CCOC1.I. The average Bonchev–Trinajstić information content (AvgIpc) is 3.32. The molecule has 0 radical (unpaired) electrons. The van der Waals surface area contributed by atoms with E-state index in [0.717, 1.165) is 84.2 Å². The van der Waals surface area contributed by atoms with Crippen LogP contribution in [0.1, 0.15) is 43.7 Å². The number of amides is 1. The van der Waals surface area contributed by atoms with E-state index in [0.29, 0.717) is 18.9 Å². The van der Waals surface area contributed by atoms with Crippen LogP contribution in [0.2, 0.25) is 0 Å². The zero-order chi connectivity index (χ0) is 21.7. The molecule has 2 heterocycles. The van der Waals surface area contributed by atoms with Crippen molar-refractivity contribution in [1.82, 2.24) is 15.5 Å². The average molecular weight is 559 g/mol. The number of nitrogens with zero attached hydrogens (tertiary/aromatic N) is 2. The maximum absolute atomic E-state index is 12.6. The smallest absolute Gasteiger partial charge is 0.222 e. The Hall–Kier alpha value is -1.39. The van der Waals surface area contributed by atoms with Gasteiger partial charge in [0.25, 0.3) is 0 Å². The lowest BCUT2D eigenvalue weighted by atomic mass is 9.99. The number of aliphatic imine (C=N–C) groups is 1. The minimum absolute atomic E-state index is 0. The summed E-state index contributed by atoms with van der Waals surface area (Å²) in [4.78, 5) is 19.2. The molecule has 2 aliphatic rings. The van der Waals surface area contributed by atoms with Crippen molar-refractivity contribution in [2.75, 3.05) is 52.6 Å². The number of benzene rings is 1. The summed E-state index contributed by atoms with van der Waals surface area (Å²) in [7, 11) is 0. The maximum Gasteiger partial charge on any atom is 0.222 e. The minimum atomic E-state index is 0. The van der Waals surface area contributed by atoms with Gasteiger partial charge in [0.05, 0.1) is 13.2 Å². The molecule has 1 saturated heterocycles. The number of hydrogen-bond acceptors (Lipinski definition) is 4. The monoisotopic (exact) mass is 558 g/mol. The fraction of sp³-hybridized carbons (Fsp3) is 0.667. The molecule has 0 aliphatic carbocycles. The molecule has 3 rings (SSSR count). The molecule has 0 saturated carbocycles. The number of ether oxygens (including phenoxy) is 2. The topological polar surface area (TPSA) is 75.2 Å². The van der Waals surface area contributed by atoms with Crippen LogP contribution in [0, 0.1) is 5.92 Å². The van der Waals surface area contributed by atoms with Crippen molar-refractivity contribution in [2.24, 2.45) is 10.9 Å². The van der Waals surface area contributed by atoms with Gasteiger partial charge in [0.1, 0.15) is 0 Å². The van der Waals surface area contributed by atoms with Gasteiger partial charge in [-0.1, -0.05) is 24.3 Å². The van der Waals surface area contributed by atoms with Crippen molar-refractivity contribution < 1.29 is 14.3 Å². The van der Waals surface area contributed by atoms with Gasteiger partial charge in [-0.05, 0) is 43.7 Å². The summed E-state index contributed by atoms with van der Waals surface area (Å²) in [5.74, 6) is 1.60. The summed E-state index contributed by atoms with van der Waals surface area (Å²) in [6.45, 7) is 9.14. The van der Waals surface area contributed by atoms with Gasteiger partial charge in [-0.2, -0.15) is 0 Å². The van der Waals surface area contributed by atoms with Gasteiger partial charge in [0.15, 0.2) is 5.96 Å². The van der Waals surface area contributed by atoms with Crippen molar-refractivity contribution in [3.8, 4) is 0 Å². The number of hydrogen-bond donors (Lipinski definition) is 2. The molecule has 7 nitrogen and oxygen atoms in total. The number of rotatable bonds is 11. The Morgan fingerprint density at radius 2 is 2.09 bits per heavy atom. The highest BCUT2D eigenvalue weighted by molar-refractivity contribution is 14.0. The van der Waals surface area contributed by atoms with Crippen molar-refractivity contribution >= 4 is 35.8 Å². The van der Waals surface area contributed by atoms with Crippen LogP contribution < -0.4 is 10.6 Å². The lowest BCUT2D eigenvalue weighted by molar-refractivity contribution is -0.132. The Kier molecular flexibility index (Phi) is 13.0. The van der Waals surface area contributed by atoms with E-state index in [-0.39, 0.29) is 29.9 Å². The Balaban J connectivity index is 0.00000363. The lowest BCUT2D eigenvalue weighted by Gasteiger charge is -2.28. The Morgan fingerprint density at radius 3 is 2.88 bits per heavy atom. The van der Waals surface area contributed by atoms with Crippen LogP contribution in [0.3, 0.4) is 0 Å². The molecule has 0 spiro atoms. The molecule has 1 amide bonds. The summed E-state index contributed by atoms with van der Waals surface area (Å²) < 4.78 is 11.1. The van der Waals surface area contributed by atoms with Crippen LogP contribution in [0.5, 0.6) is 0 Å². The van der Waals surface area contributed by atoms with E-state index in [2.05, 4.69) is 40.7 Å². The highest BCUT2D eigenvalue weighted by Crippen LogP contribution is 2.19. The minimum Gasteiger partial charge on any atom is -0.381 e. The van der Waals surface area contributed by atoms with Gasteiger partial charge in [-0.25, -0.2) is 0 Å². The van der Waals surface area contributed by atoms with E-state index in [1.165, 1.54) is 11.1 Å². The van der Waals surface area contributed by atoms with Crippen molar-refractivity contribution in [3.05, 3.63) is 35.4 Å². The summed E-state index contributed by atoms with van der Waals surface area (Å²) in [6.07, 6.45) is 4.31. The number of nitrogens with one attached hydrogen (secondary N) is 2. The van der Waals surface area contributed by atoms with E-state index in [1.807, 2.05) is 11.0 Å². The van der Waals surface area contributed by atoms with Crippen LogP contribution in [-0.2, 0) is 27.2 Å². The normalized spacial score (nSPS) is 18.1. The summed E-state index contributed by atoms with van der Waals surface area (Å²) >= 11 is 0. The molecule has 1 atom stereocenters. The number of fused-ring (bicyclic) bond motifs is 1. The zero-order valence-corrected chi connectivity index (χ0v) is 21.6. The van der Waals surface area contributed by atoms with Crippen molar-refractivity contribution in [3.63, 3.8) is 0 Å². The quantitative estimate of drug-likeness (QED) is 0.189. The Bertz CT molecular complexity index is 710. The highest BCUT2D eigenvalue weighted by atomic mass is 127. The fourth-order valence-corrected chi connectivity index (χ4v) is 3.98. The van der Waals surface area contributed by atoms with Crippen LogP contribution >= 0.6 is 24.0 Å². The largest absolute Gasteiger partial charge is 0.381 e. The second-order valence-corrected chi connectivity index (χ2v) is 8.28. The first-order valence-electron chi connectivity index (χ1n) is 11.8. The molecular weight excluding hydrogens is 519 g/mol. The summed E-state index contributed by atoms with van der Waals surface area (Å²) in [5, 5.41) is 6.62. The molecular formula is C24H39IN4O3. The molecule has 0 bridgehead atoms. The summed E-state index contributed by atoms with van der Waals surface area (Å²) in [5.41, 5.74) is 2.65. The predicted molar refractivity (Wildman–Crippen MR) is 139 cm³/mol. The number of carbonyl (C=O) groups excluding carboxylic acids is 1. The van der Waals surface area contributed by atoms with Crippen LogP contribution in [0.4, 0.5) is 0 Å². The second-order valence-electron chi connectivity index (χ2n) is 8.28. The Labute approximate surface area is 209 Å². The number of halogens is 1. The Morgan fingerprint density at radius 1 is 1.25 bits per heavy atom.